The predicted molar refractivity (Wildman–Crippen MR) is 74.6 cm³/mol. The molecule has 0 spiro atoms. The molecule has 0 aliphatic rings. The molecule has 0 fully saturated rings. The minimum Gasteiger partial charge on any atom is -0.143 e. The molecule has 2 rings (SSSR count). The van der Waals surface area contributed by atoms with E-state index in [1.54, 1.807) is 0 Å². The lowest BCUT2D eigenvalue weighted by atomic mass is 9.96. The number of thiol groups is 1. The average molecular weight is 226 g/mol. The lowest BCUT2D eigenvalue weighted by Gasteiger charge is -2.11. The van der Waals surface area contributed by atoms with Gasteiger partial charge in [0, 0.05) is 4.91 Å². The smallest absolute Gasteiger partial charge is 0.00468 e. The SMILES string of the molecule is C=C(S)c1ccccc1-c1ccccc1C. The van der Waals surface area contributed by atoms with Gasteiger partial charge in [0.2, 0.25) is 0 Å². The largest absolute Gasteiger partial charge is 0.143 e. The van der Waals surface area contributed by atoms with Crippen molar-refractivity contribution in [3.05, 3.63) is 66.2 Å². The molecule has 0 N–H and O–H groups in total. The molecule has 0 unspecified atom stereocenters. The third-order valence-corrected chi connectivity index (χ3v) is 2.91. The summed E-state index contributed by atoms with van der Waals surface area (Å²) in [6.45, 7) is 6.02. The zero-order valence-electron chi connectivity index (χ0n) is 9.27. The Labute approximate surface area is 102 Å². The van der Waals surface area contributed by atoms with Crippen molar-refractivity contribution in [1.82, 2.24) is 0 Å². The van der Waals surface area contributed by atoms with E-state index < -0.39 is 0 Å². The van der Waals surface area contributed by atoms with Crippen molar-refractivity contribution in [3.8, 4) is 11.1 Å². The van der Waals surface area contributed by atoms with Crippen LogP contribution in [0.15, 0.2) is 55.1 Å². The Bertz CT molecular complexity index is 526. The van der Waals surface area contributed by atoms with Crippen molar-refractivity contribution in [1.29, 1.82) is 0 Å². The monoisotopic (exact) mass is 226 g/mol. The van der Waals surface area contributed by atoms with Gasteiger partial charge < -0.3 is 0 Å². The molecule has 0 nitrogen and oxygen atoms in total. The third kappa shape index (κ3) is 2.05. The van der Waals surface area contributed by atoms with E-state index in [-0.39, 0.29) is 0 Å². The zero-order valence-corrected chi connectivity index (χ0v) is 10.2. The second-order valence-electron chi connectivity index (χ2n) is 3.81. The Kier molecular flexibility index (Phi) is 3.16. The lowest BCUT2D eigenvalue weighted by Crippen LogP contribution is -1.87. The van der Waals surface area contributed by atoms with Gasteiger partial charge in [0.25, 0.3) is 0 Å². The molecular formula is C15H14S. The molecule has 1 heteroatoms. The minimum atomic E-state index is 0.804. The van der Waals surface area contributed by atoms with Crippen LogP contribution in [0.2, 0.25) is 0 Å². The van der Waals surface area contributed by atoms with Crippen LogP contribution in [0, 0.1) is 6.92 Å². The highest BCUT2D eigenvalue weighted by Crippen LogP contribution is 2.31. The van der Waals surface area contributed by atoms with Crippen molar-refractivity contribution in [3.63, 3.8) is 0 Å². The number of hydrogen-bond acceptors (Lipinski definition) is 1. The molecule has 0 radical (unpaired) electrons. The summed E-state index contributed by atoms with van der Waals surface area (Å²) < 4.78 is 0. The van der Waals surface area contributed by atoms with Gasteiger partial charge in [-0.2, -0.15) is 0 Å². The van der Waals surface area contributed by atoms with Crippen LogP contribution in [0.5, 0.6) is 0 Å². The maximum absolute atomic E-state index is 4.35. The molecule has 0 saturated heterocycles. The summed E-state index contributed by atoms with van der Waals surface area (Å²) in [5, 5.41) is 0. The topological polar surface area (TPSA) is 0 Å². The first kappa shape index (κ1) is 11.0. The van der Waals surface area contributed by atoms with Gasteiger partial charge in [0.15, 0.2) is 0 Å². The summed E-state index contributed by atoms with van der Waals surface area (Å²) in [6, 6.07) is 16.6. The summed E-state index contributed by atoms with van der Waals surface area (Å²) in [7, 11) is 0. The molecule has 0 atom stereocenters. The lowest BCUT2D eigenvalue weighted by molar-refractivity contribution is 1.45. The second kappa shape index (κ2) is 4.58. The highest BCUT2D eigenvalue weighted by atomic mass is 32.1. The first-order valence-electron chi connectivity index (χ1n) is 5.23. The highest BCUT2D eigenvalue weighted by molar-refractivity contribution is 7.90. The van der Waals surface area contributed by atoms with Crippen LogP contribution in [0.1, 0.15) is 11.1 Å². The summed E-state index contributed by atoms with van der Waals surface area (Å²) in [5.74, 6) is 0. The summed E-state index contributed by atoms with van der Waals surface area (Å²) in [4.78, 5) is 0.804. The predicted octanol–water partition coefficient (Wildman–Crippen LogP) is 4.56. The molecule has 2 aromatic carbocycles. The van der Waals surface area contributed by atoms with Gasteiger partial charge in [-0.05, 0) is 29.2 Å². The van der Waals surface area contributed by atoms with Crippen molar-refractivity contribution in [2.75, 3.05) is 0 Å². The standard InChI is InChI=1S/C15H14S/c1-11-7-3-4-8-13(11)15-10-6-5-9-14(15)12(2)16/h3-10,16H,2H2,1H3. The molecule has 2 aromatic rings. The molecule has 0 amide bonds. The molecule has 0 bridgehead atoms. The van der Waals surface area contributed by atoms with Crippen LogP contribution in [0.3, 0.4) is 0 Å². The Morgan fingerprint density at radius 3 is 2.12 bits per heavy atom. The normalized spacial score (nSPS) is 10.1. The van der Waals surface area contributed by atoms with Gasteiger partial charge in [0.1, 0.15) is 0 Å². The van der Waals surface area contributed by atoms with Gasteiger partial charge in [-0.1, -0.05) is 55.1 Å². The van der Waals surface area contributed by atoms with E-state index in [1.165, 1.54) is 16.7 Å². The molecule has 0 saturated carbocycles. The molecule has 0 heterocycles. The quantitative estimate of drug-likeness (QED) is 0.713. The molecule has 0 aromatic heterocycles. The number of aryl methyl sites for hydroxylation is 1. The van der Waals surface area contributed by atoms with E-state index in [0.717, 1.165) is 10.5 Å². The third-order valence-electron chi connectivity index (χ3n) is 2.67. The minimum absolute atomic E-state index is 0.804. The van der Waals surface area contributed by atoms with Gasteiger partial charge in [-0.25, -0.2) is 0 Å². The van der Waals surface area contributed by atoms with E-state index in [9.17, 15) is 0 Å². The Morgan fingerprint density at radius 1 is 0.938 bits per heavy atom. The maximum Gasteiger partial charge on any atom is 0.00468 e. The number of rotatable bonds is 2. The fraction of sp³-hybridized carbons (Fsp3) is 0.0667. The molecule has 80 valence electrons. The van der Waals surface area contributed by atoms with E-state index in [4.69, 9.17) is 0 Å². The van der Waals surface area contributed by atoms with Crippen LogP contribution < -0.4 is 0 Å². The fourth-order valence-electron chi connectivity index (χ4n) is 1.84. The van der Waals surface area contributed by atoms with Crippen LogP contribution >= 0.6 is 12.6 Å². The molecule has 0 aliphatic heterocycles. The van der Waals surface area contributed by atoms with Crippen LogP contribution in [0.25, 0.3) is 16.0 Å². The average Bonchev–Trinajstić information content (AvgIpc) is 2.29. The zero-order chi connectivity index (χ0) is 11.5. The summed E-state index contributed by atoms with van der Waals surface area (Å²) in [5.41, 5.74) is 4.80. The van der Waals surface area contributed by atoms with Crippen LogP contribution in [-0.2, 0) is 0 Å². The van der Waals surface area contributed by atoms with Crippen molar-refractivity contribution < 1.29 is 0 Å². The molecule has 16 heavy (non-hydrogen) atoms. The summed E-state index contributed by atoms with van der Waals surface area (Å²) in [6.07, 6.45) is 0. The van der Waals surface area contributed by atoms with Crippen molar-refractivity contribution in [2.24, 2.45) is 0 Å². The van der Waals surface area contributed by atoms with Gasteiger partial charge in [-0.15, -0.1) is 12.6 Å². The Balaban J connectivity index is 2.65. The van der Waals surface area contributed by atoms with Crippen molar-refractivity contribution in [2.45, 2.75) is 6.92 Å². The van der Waals surface area contributed by atoms with E-state index in [0.29, 0.717) is 0 Å². The van der Waals surface area contributed by atoms with Crippen LogP contribution in [0.4, 0.5) is 0 Å². The van der Waals surface area contributed by atoms with Crippen molar-refractivity contribution >= 4 is 17.5 Å². The van der Waals surface area contributed by atoms with Gasteiger partial charge in [-0.3, -0.25) is 0 Å². The Morgan fingerprint density at radius 2 is 1.50 bits per heavy atom. The van der Waals surface area contributed by atoms with E-state index in [1.807, 2.05) is 12.1 Å². The van der Waals surface area contributed by atoms with Gasteiger partial charge >= 0.3 is 0 Å². The highest BCUT2D eigenvalue weighted by Gasteiger charge is 2.06. The Hall–Kier alpha value is -1.47. The van der Waals surface area contributed by atoms with Crippen LogP contribution in [-0.4, -0.2) is 0 Å². The maximum atomic E-state index is 4.35. The first-order valence-corrected chi connectivity index (χ1v) is 5.68. The van der Waals surface area contributed by atoms with E-state index in [2.05, 4.69) is 62.5 Å². The van der Waals surface area contributed by atoms with E-state index >= 15 is 0 Å². The molecule has 0 aliphatic carbocycles. The number of benzene rings is 2. The fourth-order valence-corrected chi connectivity index (χ4v) is 2.04. The number of hydrogen-bond donors (Lipinski definition) is 1. The van der Waals surface area contributed by atoms with Gasteiger partial charge in [0.05, 0.1) is 0 Å². The second-order valence-corrected chi connectivity index (χ2v) is 4.35. The summed E-state index contributed by atoms with van der Waals surface area (Å²) >= 11 is 4.35. The first-order chi connectivity index (χ1) is 7.70. The molecular weight excluding hydrogens is 212 g/mol.